The average Bonchev–Trinajstić information content (AvgIpc) is 3.00. The molecule has 0 unspecified atom stereocenters. The Morgan fingerprint density at radius 1 is 1.11 bits per heavy atom. The van der Waals surface area contributed by atoms with Gasteiger partial charge in [0.15, 0.2) is 0 Å². The molecule has 6 heteroatoms. The van der Waals surface area contributed by atoms with Crippen LogP contribution in [-0.2, 0) is 17.7 Å². The van der Waals surface area contributed by atoms with E-state index in [0.29, 0.717) is 0 Å². The number of thiophene rings is 1. The summed E-state index contributed by atoms with van der Waals surface area (Å²) in [6.07, 6.45) is 2.15. The van der Waals surface area contributed by atoms with Crippen molar-refractivity contribution < 1.29 is 4.74 Å². The van der Waals surface area contributed by atoms with Gasteiger partial charge in [-0.3, -0.25) is 4.90 Å². The normalized spacial score (nSPS) is 15.2. The molecule has 2 aromatic heterocycles. The zero-order valence-electron chi connectivity index (χ0n) is 16.7. The van der Waals surface area contributed by atoms with Crippen LogP contribution in [0.15, 0.2) is 30.3 Å². The van der Waals surface area contributed by atoms with Gasteiger partial charge >= 0.3 is 0 Å². The summed E-state index contributed by atoms with van der Waals surface area (Å²) < 4.78 is 5.46. The molecule has 0 amide bonds. The number of benzene rings is 1. The number of ether oxygens (including phenoxy) is 1. The summed E-state index contributed by atoms with van der Waals surface area (Å²) in [6, 6.07) is 10.7. The molecule has 3 aromatic rings. The molecule has 1 N–H and O–H groups in total. The second kappa shape index (κ2) is 8.99. The number of aryl methyl sites for hydroxylation is 3. The number of nitrogens with one attached hydrogen (secondary N) is 1. The lowest BCUT2D eigenvalue weighted by Gasteiger charge is -2.25. The van der Waals surface area contributed by atoms with E-state index in [1.165, 1.54) is 21.4 Å². The Labute approximate surface area is 170 Å². The third kappa shape index (κ3) is 4.51. The molecule has 1 fully saturated rings. The van der Waals surface area contributed by atoms with E-state index in [2.05, 4.69) is 54.4 Å². The van der Waals surface area contributed by atoms with Gasteiger partial charge in [-0.2, -0.15) is 0 Å². The summed E-state index contributed by atoms with van der Waals surface area (Å²) in [4.78, 5) is 14.6. The van der Waals surface area contributed by atoms with Gasteiger partial charge in [0.25, 0.3) is 0 Å². The highest BCUT2D eigenvalue weighted by atomic mass is 32.1. The summed E-state index contributed by atoms with van der Waals surface area (Å²) in [5, 5.41) is 4.79. The molecule has 1 saturated heterocycles. The summed E-state index contributed by atoms with van der Waals surface area (Å²) in [6.45, 7) is 9.53. The first kappa shape index (κ1) is 19.3. The summed E-state index contributed by atoms with van der Waals surface area (Å²) >= 11 is 1.77. The molecule has 1 aromatic carbocycles. The van der Waals surface area contributed by atoms with Gasteiger partial charge in [-0.25, -0.2) is 9.97 Å². The van der Waals surface area contributed by atoms with Crippen molar-refractivity contribution in [1.29, 1.82) is 0 Å². The van der Waals surface area contributed by atoms with Crippen LogP contribution in [0.25, 0.3) is 10.2 Å². The number of anilines is 1. The highest BCUT2D eigenvalue weighted by molar-refractivity contribution is 7.18. The van der Waals surface area contributed by atoms with E-state index in [0.717, 1.165) is 68.7 Å². The smallest absolute Gasteiger partial charge is 0.146 e. The fraction of sp³-hybridized carbons (Fsp3) is 0.455. The van der Waals surface area contributed by atoms with Crippen molar-refractivity contribution in [3.8, 4) is 0 Å². The Morgan fingerprint density at radius 2 is 1.89 bits per heavy atom. The fourth-order valence-corrected chi connectivity index (χ4v) is 4.64. The predicted octanol–water partition coefficient (Wildman–Crippen LogP) is 4.19. The van der Waals surface area contributed by atoms with Crippen LogP contribution < -0.4 is 5.32 Å². The molecular formula is C22H28N4OS. The third-order valence-corrected chi connectivity index (χ3v) is 6.42. The quantitative estimate of drug-likeness (QED) is 0.607. The van der Waals surface area contributed by atoms with Crippen LogP contribution in [0, 0.1) is 13.8 Å². The molecule has 28 heavy (non-hydrogen) atoms. The number of hydrogen-bond donors (Lipinski definition) is 1. The molecule has 1 aliphatic rings. The van der Waals surface area contributed by atoms with E-state index in [4.69, 9.17) is 14.7 Å². The maximum atomic E-state index is 5.46. The molecule has 0 spiro atoms. The molecule has 3 heterocycles. The largest absolute Gasteiger partial charge is 0.379 e. The number of nitrogens with zero attached hydrogens (tertiary/aromatic N) is 3. The number of rotatable bonds is 7. The maximum Gasteiger partial charge on any atom is 0.146 e. The van der Waals surface area contributed by atoms with Crippen LogP contribution >= 0.6 is 11.3 Å². The minimum atomic E-state index is 0.786. The molecule has 0 radical (unpaired) electrons. The first-order chi connectivity index (χ1) is 13.7. The minimum Gasteiger partial charge on any atom is -0.379 e. The summed E-state index contributed by atoms with van der Waals surface area (Å²) in [7, 11) is 0. The van der Waals surface area contributed by atoms with Crippen LogP contribution in [0.1, 0.15) is 28.2 Å². The molecule has 1 aliphatic heterocycles. The zero-order valence-corrected chi connectivity index (χ0v) is 17.5. The van der Waals surface area contributed by atoms with Crippen molar-refractivity contribution in [3.63, 3.8) is 0 Å². The molecule has 0 atom stereocenters. The molecule has 0 bridgehead atoms. The SMILES string of the molecule is Cc1sc2nc(CN3CCOCC3)nc(NCCCc3ccccc3)c2c1C. The number of hydrogen-bond acceptors (Lipinski definition) is 6. The van der Waals surface area contributed by atoms with E-state index < -0.39 is 0 Å². The Hall–Kier alpha value is -2.02. The van der Waals surface area contributed by atoms with Crippen molar-refractivity contribution in [2.75, 3.05) is 38.2 Å². The molecule has 148 valence electrons. The van der Waals surface area contributed by atoms with Crippen molar-refractivity contribution >= 4 is 27.4 Å². The number of morpholine rings is 1. The third-order valence-electron chi connectivity index (χ3n) is 5.32. The molecule has 5 nitrogen and oxygen atoms in total. The Kier molecular flexibility index (Phi) is 6.20. The van der Waals surface area contributed by atoms with Gasteiger partial charge in [0.1, 0.15) is 16.5 Å². The van der Waals surface area contributed by atoms with Crippen molar-refractivity contribution in [3.05, 3.63) is 52.2 Å². The Balaban J connectivity index is 1.49. The molecule has 0 saturated carbocycles. The topological polar surface area (TPSA) is 50.3 Å². The zero-order chi connectivity index (χ0) is 19.3. The number of aromatic nitrogens is 2. The Bertz CT molecular complexity index is 919. The molecule has 4 rings (SSSR count). The van der Waals surface area contributed by atoms with Gasteiger partial charge in [-0.05, 0) is 37.8 Å². The molecule has 0 aliphatic carbocycles. The average molecular weight is 397 g/mol. The van der Waals surface area contributed by atoms with Gasteiger partial charge in [-0.1, -0.05) is 30.3 Å². The second-order valence-corrected chi connectivity index (χ2v) is 8.56. The standard InChI is InChI=1S/C22H28N4OS/c1-16-17(2)28-22-20(16)21(23-10-6-9-18-7-4-3-5-8-18)24-19(25-22)15-26-11-13-27-14-12-26/h3-5,7-8H,6,9-15H2,1-2H3,(H,23,24,25). The van der Waals surface area contributed by atoms with E-state index >= 15 is 0 Å². The van der Waals surface area contributed by atoms with E-state index in [1.807, 2.05) is 0 Å². The van der Waals surface area contributed by atoms with E-state index in [-0.39, 0.29) is 0 Å². The summed E-state index contributed by atoms with van der Waals surface area (Å²) in [5.74, 6) is 1.89. The van der Waals surface area contributed by atoms with Crippen molar-refractivity contribution in [2.24, 2.45) is 0 Å². The lowest BCUT2D eigenvalue weighted by molar-refractivity contribution is 0.0331. The lowest BCUT2D eigenvalue weighted by Crippen LogP contribution is -2.36. The fourth-order valence-electron chi connectivity index (χ4n) is 3.60. The van der Waals surface area contributed by atoms with Crippen molar-refractivity contribution in [1.82, 2.24) is 14.9 Å². The summed E-state index contributed by atoms with van der Waals surface area (Å²) in [5.41, 5.74) is 2.68. The van der Waals surface area contributed by atoms with Gasteiger partial charge in [0.05, 0.1) is 25.1 Å². The predicted molar refractivity (Wildman–Crippen MR) is 116 cm³/mol. The first-order valence-electron chi connectivity index (χ1n) is 10.1. The Morgan fingerprint density at radius 3 is 2.68 bits per heavy atom. The number of fused-ring (bicyclic) bond motifs is 1. The van der Waals surface area contributed by atoms with Crippen molar-refractivity contribution in [2.45, 2.75) is 33.2 Å². The maximum absolute atomic E-state index is 5.46. The highest BCUT2D eigenvalue weighted by Gasteiger charge is 2.17. The minimum absolute atomic E-state index is 0.786. The van der Waals surface area contributed by atoms with Gasteiger partial charge in [0.2, 0.25) is 0 Å². The monoisotopic (exact) mass is 396 g/mol. The van der Waals surface area contributed by atoms with Gasteiger partial charge in [-0.15, -0.1) is 11.3 Å². The van der Waals surface area contributed by atoms with E-state index in [9.17, 15) is 0 Å². The lowest BCUT2D eigenvalue weighted by atomic mass is 10.1. The van der Waals surface area contributed by atoms with Crippen LogP contribution in [0.2, 0.25) is 0 Å². The van der Waals surface area contributed by atoms with Crippen LogP contribution in [0.4, 0.5) is 5.82 Å². The second-order valence-electron chi connectivity index (χ2n) is 7.36. The van der Waals surface area contributed by atoms with Crippen LogP contribution in [0.5, 0.6) is 0 Å². The van der Waals surface area contributed by atoms with Gasteiger partial charge < -0.3 is 10.1 Å². The first-order valence-corrected chi connectivity index (χ1v) is 10.9. The van der Waals surface area contributed by atoms with Crippen LogP contribution in [0.3, 0.4) is 0 Å². The highest BCUT2D eigenvalue weighted by Crippen LogP contribution is 2.33. The van der Waals surface area contributed by atoms with E-state index in [1.54, 1.807) is 11.3 Å². The van der Waals surface area contributed by atoms with Gasteiger partial charge in [0, 0.05) is 24.5 Å². The molecular weight excluding hydrogens is 368 g/mol. The van der Waals surface area contributed by atoms with Crippen LogP contribution in [-0.4, -0.2) is 47.7 Å².